The predicted octanol–water partition coefficient (Wildman–Crippen LogP) is 1.82. The van der Waals surface area contributed by atoms with E-state index in [1.54, 1.807) is 15.9 Å². The van der Waals surface area contributed by atoms with Crippen LogP contribution in [0.15, 0.2) is 35.1 Å². The van der Waals surface area contributed by atoms with Crippen molar-refractivity contribution in [3.05, 3.63) is 68.1 Å². The smallest absolute Gasteiger partial charge is 0.254 e. The number of hydrogen-bond donors (Lipinski definition) is 2. The maximum Gasteiger partial charge on any atom is 0.254 e. The molecular weight excluding hydrogens is 394 g/mol. The molecular formula is C21H22ClN3O4. The quantitative estimate of drug-likeness (QED) is 0.748. The third-order valence-electron chi connectivity index (χ3n) is 5.66. The number of likely N-dealkylation sites (tertiary alicyclic amines) is 1. The fourth-order valence-electron chi connectivity index (χ4n) is 4.13. The summed E-state index contributed by atoms with van der Waals surface area (Å²) in [4.78, 5) is 43.0. The minimum atomic E-state index is -0.412. The van der Waals surface area contributed by atoms with Crippen LogP contribution < -0.4 is 5.56 Å². The van der Waals surface area contributed by atoms with Gasteiger partial charge in [0.25, 0.3) is 11.8 Å². The largest absolute Gasteiger partial charge is 0.394 e. The molecule has 0 saturated carbocycles. The lowest BCUT2D eigenvalue weighted by atomic mass is 9.96. The molecule has 0 aliphatic carbocycles. The van der Waals surface area contributed by atoms with Gasteiger partial charge in [-0.15, -0.1) is 0 Å². The summed E-state index contributed by atoms with van der Waals surface area (Å²) >= 11 is 5.86. The van der Waals surface area contributed by atoms with Gasteiger partial charge in [0.15, 0.2) is 0 Å². The van der Waals surface area contributed by atoms with Crippen LogP contribution >= 0.6 is 11.6 Å². The number of amides is 2. The molecule has 2 amide bonds. The summed E-state index contributed by atoms with van der Waals surface area (Å²) in [5.74, 6) is -0.298. The molecule has 1 aromatic carbocycles. The number of carbonyl (C=O) groups excluding carboxylic acids is 2. The molecule has 2 aromatic rings. The van der Waals surface area contributed by atoms with Crippen LogP contribution in [-0.2, 0) is 13.0 Å². The topological polar surface area (TPSA) is 93.7 Å². The number of fused-ring (bicyclic) bond motifs is 1. The minimum absolute atomic E-state index is 0.0138. The molecule has 8 heteroatoms. The van der Waals surface area contributed by atoms with Crippen LogP contribution in [0, 0.1) is 0 Å². The minimum Gasteiger partial charge on any atom is -0.394 e. The number of carbonyl (C=O) groups is 2. The molecule has 2 N–H and O–H groups in total. The van der Waals surface area contributed by atoms with E-state index >= 15 is 0 Å². The van der Waals surface area contributed by atoms with Crippen molar-refractivity contribution < 1.29 is 14.7 Å². The number of aromatic nitrogens is 1. The highest BCUT2D eigenvalue weighted by atomic mass is 35.5. The number of rotatable bonds is 3. The van der Waals surface area contributed by atoms with Crippen LogP contribution in [-0.4, -0.2) is 57.4 Å². The van der Waals surface area contributed by atoms with Gasteiger partial charge in [0, 0.05) is 36.8 Å². The first-order chi connectivity index (χ1) is 14.0. The summed E-state index contributed by atoms with van der Waals surface area (Å²) in [7, 11) is 0. The standard InChI is InChI=1S/C21H22ClN3O4/c22-18-9-16(10-19(27)23-18)20(28)24-7-5-13-8-14(3-4-15(13)11-24)21(29)25-6-1-2-17(25)12-26/h3-4,8-10,17,26H,1-2,5-7,11-12H2,(H,23,27). The Kier molecular flexibility index (Phi) is 5.43. The molecule has 2 aliphatic heterocycles. The maximum atomic E-state index is 12.8. The highest BCUT2D eigenvalue weighted by molar-refractivity contribution is 6.29. The molecule has 152 valence electrons. The molecule has 0 radical (unpaired) electrons. The SMILES string of the molecule is O=C(c1cc(Cl)[nH]c(=O)c1)N1CCc2cc(C(=O)N3CCCC3CO)ccc2C1. The third-order valence-corrected chi connectivity index (χ3v) is 5.86. The van der Waals surface area contributed by atoms with E-state index in [1.807, 2.05) is 12.1 Å². The molecule has 1 saturated heterocycles. The van der Waals surface area contributed by atoms with Crippen molar-refractivity contribution in [2.75, 3.05) is 19.7 Å². The van der Waals surface area contributed by atoms with Crippen molar-refractivity contribution in [1.82, 2.24) is 14.8 Å². The zero-order valence-corrected chi connectivity index (χ0v) is 16.6. The Labute approximate surface area is 172 Å². The van der Waals surface area contributed by atoms with Crippen LogP contribution in [0.4, 0.5) is 0 Å². The number of pyridine rings is 1. The third kappa shape index (κ3) is 3.93. The molecule has 2 aliphatic rings. The Hall–Kier alpha value is -2.64. The summed E-state index contributed by atoms with van der Waals surface area (Å²) < 4.78 is 0. The van der Waals surface area contributed by atoms with Crippen molar-refractivity contribution in [3.8, 4) is 0 Å². The van der Waals surface area contributed by atoms with Crippen LogP contribution in [0.1, 0.15) is 44.7 Å². The van der Waals surface area contributed by atoms with Gasteiger partial charge >= 0.3 is 0 Å². The Morgan fingerprint density at radius 3 is 2.69 bits per heavy atom. The van der Waals surface area contributed by atoms with Crippen molar-refractivity contribution >= 4 is 23.4 Å². The van der Waals surface area contributed by atoms with E-state index in [9.17, 15) is 19.5 Å². The average Bonchev–Trinajstić information content (AvgIpc) is 3.20. The summed E-state index contributed by atoms with van der Waals surface area (Å²) in [6, 6.07) is 8.17. The van der Waals surface area contributed by atoms with Crippen LogP contribution in [0.3, 0.4) is 0 Å². The monoisotopic (exact) mass is 415 g/mol. The van der Waals surface area contributed by atoms with Crippen molar-refractivity contribution in [2.45, 2.75) is 31.8 Å². The van der Waals surface area contributed by atoms with Gasteiger partial charge in [-0.25, -0.2) is 0 Å². The number of H-pyrrole nitrogens is 1. The normalized spacial score (nSPS) is 18.6. The predicted molar refractivity (Wildman–Crippen MR) is 108 cm³/mol. The second-order valence-electron chi connectivity index (χ2n) is 7.52. The fourth-order valence-corrected chi connectivity index (χ4v) is 4.34. The first kappa shape index (κ1) is 19.7. The fraction of sp³-hybridized carbons (Fsp3) is 0.381. The van der Waals surface area contributed by atoms with Gasteiger partial charge in [-0.2, -0.15) is 0 Å². The van der Waals surface area contributed by atoms with E-state index in [0.717, 1.165) is 24.0 Å². The molecule has 4 rings (SSSR count). The Morgan fingerprint density at radius 2 is 1.93 bits per heavy atom. The van der Waals surface area contributed by atoms with E-state index in [0.29, 0.717) is 31.6 Å². The number of nitrogens with one attached hydrogen (secondary N) is 1. The number of benzene rings is 1. The van der Waals surface area contributed by atoms with Crippen LogP contribution in [0.2, 0.25) is 5.15 Å². The van der Waals surface area contributed by atoms with Crippen molar-refractivity contribution in [3.63, 3.8) is 0 Å². The van der Waals surface area contributed by atoms with Gasteiger partial charge in [0.2, 0.25) is 5.56 Å². The molecule has 0 spiro atoms. The number of aliphatic hydroxyl groups excluding tert-OH is 1. The van der Waals surface area contributed by atoms with E-state index in [4.69, 9.17) is 11.6 Å². The van der Waals surface area contributed by atoms with Gasteiger partial charge in [-0.1, -0.05) is 17.7 Å². The van der Waals surface area contributed by atoms with Crippen LogP contribution in [0.25, 0.3) is 0 Å². The summed E-state index contributed by atoms with van der Waals surface area (Å²) in [6.07, 6.45) is 2.37. The lowest BCUT2D eigenvalue weighted by Crippen LogP contribution is -2.38. The molecule has 29 heavy (non-hydrogen) atoms. The van der Waals surface area contributed by atoms with Crippen molar-refractivity contribution in [1.29, 1.82) is 0 Å². The van der Waals surface area contributed by atoms with Gasteiger partial charge in [0.05, 0.1) is 12.6 Å². The summed E-state index contributed by atoms with van der Waals surface area (Å²) in [5.41, 5.74) is 2.49. The zero-order valence-electron chi connectivity index (χ0n) is 15.9. The van der Waals surface area contributed by atoms with Gasteiger partial charge in [-0.3, -0.25) is 14.4 Å². The lowest BCUT2D eigenvalue weighted by Gasteiger charge is -2.30. The van der Waals surface area contributed by atoms with E-state index < -0.39 is 5.56 Å². The summed E-state index contributed by atoms with van der Waals surface area (Å²) in [5, 5.41) is 9.60. The molecule has 1 aromatic heterocycles. The van der Waals surface area contributed by atoms with Gasteiger partial charge in [-0.05, 0) is 48.6 Å². The summed E-state index contributed by atoms with van der Waals surface area (Å²) in [6.45, 7) is 1.56. The number of halogens is 1. The van der Waals surface area contributed by atoms with Gasteiger partial charge in [0.1, 0.15) is 5.15 Å². The van der Waals surface area contributed by atoms with E-state index in [-0.39, 0.29) is 35.2 Å². The van der Waals surface area contributed by atoms with E-state index in [2.05, 4.69) is 4.98 Å². The highest BCUT2D eigenvalue weighted by Crippen LogP contribution is 2.25. The van der Waals surface area contributed by atoms with Crippen LogP contribution in [0.5, 0.6) is 0 Å². The second-order valence-corrected chi connectivity index (χ2v) is 7.93. The average molecular weight is 416 g/mol. The first-order valence-corrected chi connectivity index (χ1v) is 10.1. The molecule has 0 bridgehead atoms. The Morgan fingerprint density at radius 1 is 1.10 bits per heavy atom. The van der Waals surface area contributed by atoms with Gasteiger partial charge < -0.3 is 19.9 Å². The highest BCUT2D eigenvalue weighted by Gasteiger charge is 2.30. The zero-order chi connectivity index (χ0) is 20.5. The number of nitrogens with zero attached hydrogens (tertiary/aromatic N) is 2. The lowest BCUT2D eigenvalue weighted by molar-refractivity contribution is 0.0675. The molecule has 3 heterocycles. The van der Waals surface area contributed by atoms with Crippen molar-refractivity contribution in [2.24, 2.45) is 0 Å². The second kappa shape index (κ2) is 8.00. The number of aliphatic hydroxyl groups is 1. The Bertz CT molecular complexity index is 1020. The number of hydrogen-bond acceptors (Lipinski definition) is 4. The molecule has 7 nitrogen and oxygen atoms in total. The van der Waals surface area contributed by atoms with E-state index in [1.165, 1.54) is 12.1 Å². The number of aromatic amines is 1. The maximum absolute atomic E-state index is 12.8. The Balaban J connectivity index is 1.51. The molecule has 1 unspecified atom stereocenters. The molecule has 1 fully saturated rings. The first-order valence-electron chi connectivity index (χ1n) is 9.69. The molecule has 1 atom stereocenters.